The topological polar surface area (TPSA) is 49.9 Å². The summed E-state index contributed by atoms with van der Waals surface area (Å²) in [6.45, 7) is 6.31. The summed E-state index contributed by atoms with van der Waals surface area (Å²) in [6, 6.07) is 0. The second kappa shape index (κ2) is 6.97. The van der Waals surface area contributed by atoms with Crippen LogP contribution < -0.4 is 0 Å². The van der Waals surface area contributed by atoms with Gasteiger partial charge in [-0.15, -0.1) is 23.4 Å². The number of carbonyl (C=O) groups excluding carboxylic acids is 2. The van der Waals surface area contributed by atoms with Crippen LogP contribution in [0, 0.1) is 5.41 Å². The maximum absolute atomic E-state index is 12.5. The second-order valence-corrected chi connectivity index (χ2v) is 8.19. The molecular formula is C15H25ClN2O3S. The second-order valence-electron chi connectivity index (χ2n) is 6.58. The molecule has 0 atom stereocenters. The van der Waals surface area contributed by atoms with Crippen LogP contribution in [0.25, 0.3) is 0 Å². The van der Waals surface area contributed by atoms with Crippen molar-refractivity contribution in [2.45, 2.75) is 31.6 Å². The minimum absolute atomic E-state index is 0.107. The standard InChI is InChI=1S/C15H25ClN2O3S/c1-14(2,11-16)13(20)17-6-4-15(5-7-17)18(8-9-21-3)12(19)10-22-15/h4-11H2,1-3H3. The van der Waals surface area contributed by atoms with E-state index in [1.165, 1.54) is 0 Å². The highest BCUT2D eigenvalue weighted by Gasteiger charge is 2.48. The van der Waals surface area contributed by atoms with Crippen LogP contribution in [0.3, 0.4) is 0 Å². The molecule has 0 unspecified atom stereocenters. The Balaban J connectivity index is 2.01. The van der Waals surface area contributed by atoms with Gasteiger partial charge in [-0.1, -0.05) is 0 Å². The largest absolute Gasteiger partial charge is 0.383 e. The Bertz CT molecular complexity index is 437. The number of amides is 2. The van der Waals surface area contributed by atoms with Gasteiger partial charge in [-0.05, 0) is 26.7 Å². The van der Waals surface area contributed by atoms with Gasteiger partial charge in [-0.25, -0.2) is 0 Å². The predicted octanol–water partition coefficient (Wildman–Crippen LogP) is 1.79. The van der Waals surface area contributed by atoms with Gasteiger partial charge in [-0.3, -0.25) is 9.59 Å². The van der Waals surface area contributed by atoms with Crippen LogP contribution in [0.15, 0.2) is 0 Å². The number of thioether (sulfide) groups is 1. The van der Waals surface area contributed by atoms with E-state index < -0.39 is 5.41 Å². The molecule has 0 aromatic rings. The lowest BCUT2D eigenvalue weighted by Gasteiger charge is -2.45. The molecule has 126 valence electrons. The van der Waals surface area contributed by atoms with Crippen molar-refractivity contribution in [3.05, 3.63) is 0 Å². The average Bonchev–Trinajstić information content (AvgIpc) is 2.81. The van der Waals surface area contributed by atoms with Crippen molar-refractivity contribution in [3.8, 4) is 0 Å². The Morgan fingerprint density at radius 1 is 1.41 bits per heavy atom. The van der Waals surface area contributed by atoms with Gasteiger partial charge in [0.25, 0.3) is 0 Å². The van der Waals surface area contributed by atoms with E-state index in [1.54, 1.807) is 18.9 Å². The number of likely N-dealkylation sites (tertiary alicyclic amines) is 1. The lowest BCUT2D eigenvalue weighted by molar-refractivity contribution is -0.142. The summed E-state index contributed by atoms with van der Waals surface area (Å²) in [7, 11) is 1.65. The zero-order valence-corrected chi connectivity index (χ0v) is 15.1. The molecule has 0 aromatic heterocycles. The van der Waals surface area contributed by atoms with Crippen molar-refractivity contribution in [3.63, 3.8) is 0 Å². The zero-order valence-electron chi connectivity index (χ0n) is 13.6. The molecule has 2 rings (SSSR count). The maximum Gasteiger partial charge on any atom is 0.233 e. The van der Waals surface area contributed by atoms with Gasteiger partial charge < -0.3 is 14.5 Å². The van der Waals surface area contributed by atoms with E-state index in [0.717, 1.165) is 12.8 Å². The molecule has 1 spiro atoms. The fourth-order valence-electron chi connectivity index (χ4n) is 3.05. The highest BCUT2D eigenvalue weighted by molar-refractivity contribution is 8.01. The molecule has 2 aliphatic rings. The summed E-state index contributed by atoms with van der Waals surface area (Å²) in [5.74, 6) is 1.14. The first kappa shape index (κ1) is 17.9. The summed E-state index contributed by atoms with van der Waals surface area (Å²) in [6.07, 6.45) is 1.63. The van der Waals surface area contributed by atoms with Gasteiger partial charge in [-0.2, -0.15) is 0 Å². The first-order valence-electron chi connectivity index (χ1n) is 7.65. The molecule has 5 nitrogen and oxygen atoms in total. The van der Waals surface area contributed by atoms with E-state index in [9.17, 15) is 9.59 Å². The van der Waals surface area contributed by atoms with E-state index >= 15 is 0 Å². The Labute approximate surface area is 141 Å². The lowest BCUT2D eigenvalue weighted by atomic mass is 9.92. The molecule has 0 radical (unpaired) electrons. The Kier molecular flexibility index (Phi) is 5.67. The summed E-state index contributed by atoms with van der Waals surface area (Å²) < 4.78 is 5.12. The minimum atomic E-state index is -0.527. The minimum Gasteiger partial charge on any atom is -0.383 e. The smallest absolute Gasteiger partial charge is 0.233 e. The van der Waals surface area contributed by atoms with E-state index in [4.69, 9.17) is 16.3 Å². The summed E-state index contributed by atoms with van der Waals surface area (Å²) in [5, 5.41) is 0. The number of alkyl halides is 1. The number of hydrogen-bond acceptors (Lipinski definition) is 4. The first-order valence-corrected chi connectivity index (χ1v) is 9.17. The van der Waals surface area contributed by atoms with Crippen molar-refractivity contribution < 1.29 is 14.3 Å². The van der Waals surface area contributed by atoms with Gasteiger partial charge in [0.15, 0.2) is 0 Å². The molecule has 0 N–H and O–H groups in total. The molecule has 2 heterocycles. The van der Waals surface area contributed by atoms with Crippen LogP contribution in [0.2, 0.25) is 0 Å². The molecule has 2 fully saturated rings. The van der Waals surface area contributed by atoms with E-state index in [0.29, 0.717) is 37.9 Å². The molecule has 2 saturated heterocycles. The summed E-state index contributed by atoms with van der Waals surface area (Å²) >= 11 is 7.63. The normalized spacial score (nSPS) is 21.7. The maximum atomic E-state index is 12.5. The molecule has 22 heavy (non-hydrogen) atoms. The Hall–Kier alpha value is -0.460. The van der Waals surface area contributed by atoms with Crippen LogP contribution in [-0.2, 0) is 14.3 Å². The van der Waals surface area contributed by atoms with Gasteiger partial charge in [0.2, 0.25) is 11.8 Å². The number of piperidine rings is 1. The van der Waals surface area contributed by atoms with Crippen molar-refractivity contribution in [2.75, 3.05) is 45.0 Å². The first-order chi connectivity index (χ1) is 10.4. The number of ether oxygens (including phenoxy) is 1. The van der Waals surface area contributed by atoms with Crippen molar-refractivity contribution in [2.24, 2.45) is 5.41 Å². The quantitative estimate of drug-likeness (QED) is 0.711. The van der Waals surface area contributed by atoms with E-state index in [-0.39, 0.29) is 16.7 Å². The van der Waals surface area contributed by atoms with Crippen molar-refractivity contribution in [1.29, 1.82) is 0 Å². The highest BCUT2D eigenvalue weighted by atomic mass is 35.5. The van der Waals surface area contributed by atoms with Crippen molar-refractivity contribution >= 4 is 35.2 Å². The zero-order chi connectivity index (χ0) is 16.4. The summed E-state index contributed by atoms with van der Waals surface area (Å²) in [5.41, 5.74) is -0.527. The van der Waals surface area contributed by atoms with Crippen LogP contribution in [-0.4, -0.2) is 71.5 Å². The van der Waals surface area contributed by atoms with Gasteiger partial charge in [0, 0.05) is 32.6 Å². The Morgan fingerprint density at radius 3 is 2.59 bits per heavy atom. The van der Waals surface area contributed by atoms with Gasteiger partial charge in [0.1, 0.15) is 0 Å². The molecule has 2 amide bonds. The van der Waals surface area contributed by atoms with Gasteiger partial charge >= 0.3 is 0 Å². The molecule has 7 heteroatoms. The third kappa shape index (κ3) is 3.39. The van der Waals surface area contributed by atoms with Crippen LogP contribution in [0.1, 0.15) is 26.7 Å². The summed E-state index contributed by atoms with van der Waals surface area (Å²) in [4.78, 5) is 28.3. The third-order valence-electron chi connectivity index (χ3n) is 4.52. The third-order valence-corrected chi connectivity index (χ3v) is 6.75. The number of nitrogens with zero attached hydrogens (tertiary/aromatic N) is 2. The van der Waals surface area contributed by atoms with E-state index in [2.05, 4.69) is 0 Å². The van der Waals surface area contributed by atoms with Crippen LogP contribution >= 0.6 is 23.4 Å². The molecule has 0 aromatic carbocycles. The van der Waals surface area contributed by atoms with Crippen LogP contribution in [0.4, 0.5) is 0 Å². The Morgan fingerprint density at radius 2 is 2.05 bits per heavy atom. The van der Waals surface area contributed by atoms with E-state index in [1.807, 2.05) is 23.6 Å². The van der Waals surface area contributed by atoms with Gasteiger partial charge in [0.05, 0.1) is 22.6 Å². The number of methoxy groups -OCH3 is 1. The van der Waals surface area contributed by atoms with Crippen LogP contribution in [0.5, 0.6) is 0 Å². The molecular weight excluding hydrogens is 324 g/mol. The molecule has 0 saturated carbocycles. The number of rotatable bonds is 5. The SMILES string of the molecule is COCCN1C(=O)CSC12CCN(C(=O)C(C)(C)CCl)CC2. The fourth-order valence-corrected chi connectivity index (χ4v) is 4.53. The molecule has 2 aliphatic heterocycles. The monoisotopic (exact) mass is 348 g/mol. The van der Waals surface area contributed by atoms with Crippen molar-refractivity contribution in [1.82, 2.24) is 9.80 Å². The lowest BCUT2D eigenvalue weighted by Crippen LogP contribution is -2.55. The predicted molar refractivity (Wildman–Crippen MR) is 89.1 cm³/mol. The number of halogens is 1. The fraction of sp³-hybridized carbons (Fsp3) is 0.867. The molecule has 0 aliphatic carbocycles. The number of hydrogen-bond donors (Lipinski definition) is 0. The number of carbonyl (C=O) groups is 2. The molecule has 0 bridgehead atoms. The highest BCUT2D eigenvalue weighted by Crippen LogP contribution is 2.44. The average molecular weight is 349 g/mol.